The number of fused-ring (bicyclic) bond motifs is 2. The Morgan fingerprint density at radius 2 is 1.53 bits per heavy atom. The zero-order chi connectivity index (χ0) is 21.5. The van der Waals surface area contributed by atoms with E-state index in [9.17, 15) is 0 Å². The molecule has 0 saturated carbocycles. The van der Waals surface area contributed by atoms with Gasteiger partial charge in [0.05, 0.1) is 11.0 Å². The minimum absolute atomic E-state index is 0.115. The lowest BCUT2D eigenvalue weighted by Gasteiger charge is -2.36. The lowest BCUT2D eigenvalue weighted by Crippen LogP contribution is -2.43. The van der Waals surface area contributed by atoms with Crippen molar-refractivity contribution in [1.82, 2.24) is 4.98 Å². The van der Waals surface area contributed by atoms with Gasteiger partial charge in [-0.3, -0.25) is 0 Å². The Hall–Kier alpha value is -2.56. The van der Waals surface area contributed by atoms with Crippen LogP contribution in [-0.2, 0) is 0 Å². The molecule has 3 nitrogen and oxygen atoms in total. The minimum atomic E-state index is -1.96. The number of hydrogen-bond donors (Lipinski definition) is 0. The van der Waals surface area contributed by atoms with Crippen LogP contribution >= 0.6 is 11.6 Å². The summed E-state index contributed by atoms with van der Waals surface area (Å²) >= 11 is 6.23. The van der Waals surface area contributed by atoms with Crippen LogP contribution in [0.3, 0.4) is 0 Å². The lowest BCUT2D eigenvalue weighted by atomic mass is 10.1. The molecule has 0 saturated heterocycles. The Labute approximate surface area is 183 Å². The average molecular weight is 436 g/mol. The third-order valence-electron chi connectivity index (χ3n) is 5.80. The van der Waals surface area contributed by atoms with Crippen LogP contribution < -0.4 is 9.16 Å². The van der Waals surface area contributed by atoms with Crippen molar-refractivity contribution >= 4 is 41.7 Å². The number of benzene rings is 3. The van der Waals surface area contributed by atoms with Gasteiger partial charge in [0.25, 0.3) is 0 Å². The summed E-state index contributed by atoms with van der Waals surface area (Å²) in [5.41, 5.74) is 1.65. The van der Waals surface area contributed by atoms with Crippen LogP contribution in [0.25, 0.3) is 21.8 Å². The molecule has 1 aromatic heterocycles. The van der Waals surface area contributed by atoms with Gasteiger partial charge in [-0.05, 0) is 66.7 Å². The normalized spacial score (nSPS) is 12.3. The van der Waals surface area contributed by atoms with Gasteiger partial charge in [0.1, 0.15) is 17.2 Å². The zero-order valence-corrected chi connectivity index (χ0v) is 19.7. The second-order valence-corrected chi connectivity index (χ2v) is 14.2. The molecule has 4 aromatic rings. The van der Waals surface area contributed by atoms with Crippen molar-refractivity contribution in [3.05, 3.63) is 71.8 Å². The molecule has 0 amide bonds. The maximum Gasteiger partial charge on any atom is 0.250 e. The van der Waals surface area contributed by atoms with Gasteiger partial charge in [0.2, 0.25) is 8.32 Å². The SMILES string of the molecule is CC(C)(C)[Si](C)(C)Oc1ccc2nc3cc(Cl)ccc3c(Oc3ccccc3)c2c1. The second-order valence-electron chi connectivity index (χ2n) is 9.06. The molecule has 0 unspecified atom stereocenters. The predicted molar refractivity (Wildman–Crippen MR) is 129 cm³/mol. The molecule has 0 aliphatic rings. The maximum absolute atomic E-state index is 6.55. The van der Waals surface area contributed by atoms with Gasteiger partial charge in [-0.15, -0.1) is 0 Å². The highest BCUT2D eigenvalue weighted by molar-refractivity contribution is 6.74. The molecule has 0 aliphatic carbocycles. The number of nitrogens with zero attached hydrogens (tertiary/aromatic N) is 1. The number of para-hydroxylation sites is 1. The van der Waals surface area contributed by atoms with Gasteiger partial charge in [-0.25, -0.2) is 4.98 Å². The Morgan fingerprint density at radius 1 is 0.800 bits per heavy atom. The summed E-state index contributed by atoms with van der Waals surface area (Å²) in [7, 11) is -1.96. The van der Waals surface area contributed by atoms with Crippen LogP contribution in [0.5, 0.6) is 17.2 Å². The molecular formula is C25H26ClNO2Si. The van der Waals surface area contributed by atoms with E-state index in [1.165, 1.54) is 0 Å². The van der Waals surface area contributed by atoms with Crippen molar-refractivity contribution in [2.75, 3.05) is 0 Å². The molecule has 0 N–H and O–H groups in total. The quantitative estimate of drug-likeness (QED) is 0.239. The number of ether oxygens (including phenoxy) is 1. The highest BCUT2D eigenvalue weighted by Gasteiger charge is 2.39. The number of aromatic nitrogens is 1. The largest absolute Gasteiger partial charge is 0.543 e. The first-order valence-electron chi connectivity index (χ1n) is 10.1. The van der Waals surface area contributed by atoms with Crippen LogP contribution in [0.15, 0.2) is 66.7 Å². The third-order valence-corrected chi connectivity index (χ3v) is 10.4. The number of hydrogen-bond acceptors (Lipinski definition) is 3. The standard InChI is InChI=1S/C25H26ClNO2Si/c1-25(2,3)30(4,5)29-19-12-14-22-21(16-19)24(28-18-9-7-6-8-10-18)20-13-11-17(26)15-23(20)27-22/h6-16H,1-5H3. The average Bonchev–Trinajstić information content (AvgIpc) is 2.67. The van der Waals surface area contributed by atoms with Gasteiger partial charge in [0, 0.05) is 15.8 Å². The summed E-state index contributed by atoms with van der Waals surface area (Å²) in [5.74, 6) is 2.39. The van der Waals surface area contributed by atoms with Gasteiger partial charge in [0.15, 0.2) is 0 Å². The minimum Gasteiger partial charge on any atom is -0.543 e. The van der Waals surface area contributed by atoms with E-state index >= 15 is 0 Å². The first-order chi connectivity index (χ1) is 14.1. The monoisotopic (exact) mass is 435 g/mol. The van der Waals surface area contributed by atoms with Crippen LogP contribution in [0.4, 0.5) is 0 Å². The molecule has 1 heterocycles. The fourth-order valence-corrected chi connectivity index (χ4v) is 4.27. The number of halogens is 1. The Balaban J connectivity index is 1.90. The second kappa shape index (κ2) is 7.60. The number of pyridine rings is 1. The van der Waals surface area contributed by atoms with Crippen LogP contribution in [-0.4, -0.2) is 13.3 Å². The number of rotatable bonds is 4. The van der Waals surface area contributed by atoms with Crippen LogP contribution in [0.1, 0.15) is 20.8 Å². The Bertz CT molecular complexity index is 1220. The van der Waals surface area contributed by atoms with E-state index in [1.807, 2.05) is 60.7 Å². The van der Waals surface area contributed by atoms with Gasteiger partial charge in [-0.2, -0.15) is 0 Å². The molecule has 30 heavy (non-hydrogen) atoms. The third kappa shape index (κ3) is 4.02. The summed E-state index contributed by atoms with van der Waals surface area (Å²) in [5, 5.41) is 2.60. The fourth-order valence-electron chi connectivity index (χ4n) is 3.09. The molecule has 5 heteroatoms. The molecule has 0 bridgehead atoms. The van der Waals surface area contributed by atoms with E-state index < -0.39 is 8.32 Å². The van der Waals surface area contributed by atoms with Gasteiger partial charge >= 0.3 is 0 Å². The first kappa shape index (κ1) is 20.7. The van der Waals surface area contributed by atoms with Crippen molar-refractivity contribution < 1.29 is 9.16 Å². The van der Waals surface area contributed by atoms with Crippen LogP contribution in [0.2, 0.25) is 23.2 Å². The summed E-state index contributed by atoms with van der Waals surface area (Å²) in [6.45, 7) is 11.2. The van der Waals surface area contributed by atoms with E-state index in [1.54, 1.807) is 0 Å². The molecule has 0 spiro atoms. The molecule has 0 radical (unpaired) electrons. The Kier molecular flexibility index (Phi) is 5.24. The molecule has 4 rings (SSSR count). The van der Waals surface area contributed by atoms with E-state index in [4.69, 9.17) is 25.7 Å². The van der Waals surface area contributed by atoms with Gasteiger partial charge < -0.3 is 9.16 Å². The smallest absolute Gasteiger partial charge is 0.250 e. The molecule has 154 valence electrons. The summed E-state index contributed by atoms with van der Waals surface area (Å²) in [4.78, 5) is 4.82. The van der Waals surface area contributed by atoms with Crippen molar-refractivity contribution in [1.29, 1.82) is 0 Å². The van der Waals surface area contributed by atoms with Crippen molar-refractivity contribution in [2.24, 2.45) is 0 Å². The maximum atomic E-state index is 6.55. The fraction of sp³-hybridized carbons (Fsp3) is 0.240. The molecular weight excluding hydrogens is 410 g/mol. The predicted octanol–water partition coefficient (Wildman–Crippen LogP) is 8.22. The van der Waals surface area contributed by atoms with Crippen molar-refractivity contribution in [3.63, 3.8) is 0 Å². The van der Waals surface area contributed by atoms with E-state index in [0.29, 0.717) is 5.02 Å². The molecule has 0 aliphatic heterocycles. The summed E-state index contributed by atoms with van der Waals surface area (Å²) in [6, 6.07) is 21.5. The van der Waals surface area contributed by atoms with E-state index in [-0.39, 0.29) is 5.04 Å². The highest BCUT2D eigenvalue weighted by Crippen LogP contribution is 2.41. The van der Waals surface area contributed by atoms with E-state index in [2.05, 4.69) is 39.9 Å². The lowest BCUT2D eigenvalue weighted by molar-refractivity contribution is 0.488. The zero-order valence-electron chi connectivity index (χ0n) is 18.0. The first-order valence-corrected chi connectivity index (χ1v) is 13.4. The molecule has 0 atom stereocenters. The molecule has 3 aromatic carbocycles. The van der Waals surface area contributed by atoms with Crippen LogP contribution in [0, 0.1) is 0 Å². The summed E-state index contributed by atoms with van der Waals surface area (Å²) < 4.78 is 12.9. The van der Waals surface area contributed by atoms with Crippen molar-refractivity contribution in [3.8, 4) is 17.2 Å². The Morgan fingerprint density at radius 3 is 2.23 bits per heavy atom. The summed E-state index contributed by atoms with van der Waals surface area (Å²) in [6.07, 6.45) is 0. The topological polar surface area (TPSA) is 31.4 Å². The van der Waals surface area contributed by atoms with Gasteiger partial charge in [-0.1, -0.05) is 50.6 Å². The van der Waals surface area contributed by atoms with Crippen molar-refractivity contribution in [2.45, 2.75) is 38.9 Å². The highest BCUT2D eigenvalue weighted by atomic mass is 35.5. The van der Waals surface area contributed by atoms with E-state index in [0.717, 1.165) is 39.1 Å². The molecule has 0 fully saturated rings.